The lowest BCUT2D eigenvalue weighted by Gasteiger charge is -2.32. The number of Topliss-reactive ketones (excluding diaryl/α,β-unsaturated/α-hetero) is 1. The van der Waals surface area contributed by atoms with E-state index in [4.69, 9.17) is 9.84 Å². The second-order valence-corrected chi connectivity index (χ2v) is 9.24. The van der Waals surface area contributed by atoms with Gasteiger partial charge >= 0.3 is 0 Å². The zero-order valence-corrected chi connectivity index (χ0v) is 20.5. The Morgan fingerprint density at radius 2 is 1.86 bits per heavy atom. The maximum atomic E-state index is 13.5. The van der Waals surface area contributed by atoms with Crippen LogP contribution in [0.3, 0.4) is 0 Å². The molecular weight excluding hydrogens is 481 g/mol. The van der Waals surface area contributed by atoms with E-state index < -0.39 is 24.4 Å². The number of rotatable bonds is 9. The number of hydrogen-bond acceptors (Lipinski definition) is 6. The quantitative estimate of drug-likeness (QED) is 0.257. The Morgan fingerprint density at radius 3 is 2.51 bits per heavy atom. The summed E-state index contributed by atoms with van der Waals surface area (Å²) in [6.07, 6.45) is 2.66. The zero-order valence-electron chi connectivity index (χ0n) is 20.5. The van der Waals surface area contributed by atoms with Gasteiger partial charge in [-0.2, -0.15) is 0 Å². The summed E-state index contributed by atoms with van der Waals surface area (Å²) in [6, 6.07) is 9.67. The number of benzene rings is 2. The van der Waals surface area contributed by atoms with Gasteiger partial charge in [-0.3, -0.25) is 14.4 Å². The average molecular weight is 512 g/mol. The molecule has 0 bridgehead atoms. The number of ketones is 1. The van der Waals surface area contributed by atoms with Crippen LogP contribution in [0.15, 0.2) is 42.6 Å². The second-order valence-electron chi connectivity index (χ2n) is 9.24. The average Bonchev–Trinajstić information content (AvgIpc) is 3.34. The van der Waals surface area contributed by atoms with Crippen molar-refractivity contribution >= 4 is 28.5 Å². The van der Waals surface area contributed by atoms with E-state index in [9.17, 15) is 23.9 Å². The SMILES string of the molecule is COc1cc2[nH]cc(C(=O)C(=O)NC[C@H](O)CO)c2cc1C(=O)N1CCC(Cc2ccc(F)cc2)CC1. The van der Waals surface area contributed by atoms with E-state index in [1.807, 2.05) is 0 Å². The van der Waals surface area contributed by atoms with Gasteiger partial charge in [-0.05, 0) is 48.9 Å². The highest BCUT2D eigenvalue weighted by molar-refractivity contribution is 6.45. The summed E-state index contributed by atoms with van der Waals surface area (Å²) in [5.41, 5.74) is 1.97. The van der Waals surface area contributed by atoms with Crippen molar-refractivity contribution in [3.63, 3.8) is 0 Å². The van der Waals surface area contributed by atoms with Gasteiger partial charge in [0.2, 0.25) is 0 Å². The molecule has 4 rings (SSSR count). The molecule has 9 nitrogen and oxygen atoms in total. The first-order valence-electron chi connectivity index (χ1n) is 12.1. The molecular formula is C27H30FN3O6. The van der Waals surface area contributed by atoms with Crippen molar-refractivity contribution in [2.24, 2.45) is 5.92 Å². The third-order valence-corrected chi connectivity index (χ3v) is 6.73. The topological polar surface area (TPSA) is 132 Å². The van der Waals surface area contributed by atoms with Crippen LogP contribution < -0.4 is 10.1 Å². The number of nitrogens with one attached hydrogen (secondary N) is 2. The Balaban J connectivity index is 1.48. The van der Waals surface area contributed by atoms with E-state index in [0.717, 1.165) is 24.8 Å². The van der Waals surface area contributed by atoms with Crippen LogP contribution in [0.4, 0.5) is 4.39 Å². The molecule has 1 saturated heterocycles. The summed E-state index contributed by atoms with van der Waals surface area (Å²) in [4.78, 5) is 43.2. The van der Waals surface area contributed by atoms with Gasteiger partial charge in [-0.15, -0.1) is 0 Å². The van der Waals surface area contributed by atoms with Gasteiger partial charge < -0.3 is 30.2 Å². The normalized spacial score (nSPS) is 15.0. The van der Waals surface area contributed by atoms with E-state index in [1.165, 1.54) is 25.4 Å². The van der Waals surface area contributed by atoms with Gasteiger partial charge in [0, 0.05) is 42.8 Å². The molecule has 2 heterocycles. The highest BCUT2D eigenvalue weighted by Gasteiger charge is 2.28. The minimum Gasteiger partial charge on any atom is -0.496 e. The van der Waals surface area contributed by atoms with E-state index >= 15 is 0 Å². The summed E-state index contributed by atoms with van der Waals surface area (Å²) >= 11 is 0. The van der Waals surface area contributed by atoms with E-state index in [1.54, 1.807) is 29.2 Å². The van der Waals surface area contributed by atoms with Gasteiger partial charge in [0.15, 0.2) is 0 Å². The number of ether oxygens (including phenoxy) is 1. The highest BCUT2D eigenvalue weighted by Crippen LogP contribution is 2.31. The first-order valence-corrected chi connectivity index (χ1v) is 12.1. The number of amides is 2. The van der Waals surface area contributed by atoms with E-state index in [0.29, 0.717) is 35.7 Å². The summed E-state index contributed by atoms with van der Waals surface area (Å²) < 4.78 is 18.6. The predicted octanol–water partition coefficient (Wildman–Crippen LogP) is 2.06. The fraction of sp³-hybridized carbons (Fsp3) is 0.370. The van der Waals surface area contributed by atoms with Crippen LogP contribution in [0.1, 0.15) is 39.1 Å². The Labute approximate surface area is 213 Å². The molecule has 10 heteroatoms. The molecule has 2 aromatic carbocycles. The summed E-state index contributed by atoms with van der Waals surface area (Å²) in [6.45, 7) is 0.301. The predicted molar refractivity (Wildman–Crippen MR) is 134 cm³/mol. The number of carbonyl (C=O) groups excluding carboxylic acids is 3. The van der Waals surface area contributed by atoms with Crippen molar-refractivity contribution in [3.8, 4) is 5.75 Å². The minimum atomic E-state index is -1.17. The number of hydrogen-bond donors (Lipinski definition) is 4. The molecule has 1 fully saturated rings. The number of carbonyl (C=O) groups is 3. The molecule has 1 aliphatic heterocycles. The summed E-state index contributed by atoms with van der Waals surface area (Å²) in [5.74, 6) is -1.52. The van der Waals surface area contributed by atoms with Crippen LogP contribution in [0.2, 0.25) is 0 Å². The standard InChI is InChI=1S/C27H30FN3O6/c1-37-24-12-23-20(22(14-29-23)25(34)26(35)30-13-19(33)15-32)11-21(24)27(36)31-8-6-17(7-9-31)10-16-2-4-18(28)5-3-16/h2-5,11-12,14,17,19,29,32-33H,6-10,13,15H2,1H3,(H,30,35)/t19-/m0/s1. The number of piperidine rings is 1. The maximum absolute atomic E-state index is 13.5. The lowest BCUT2D eigenvalue weighted by Crippen LogP contribution is -2.39. The third kappa shape index (κ3) is 5.98. The Hall–Kier alpha value is -3.76. The fourth-order valence-corrected chi connectivity index (χ4v) is 4.62. The molecule has 1 aliphatic rings. The molecule has 2 amide bonds. The number of aromatic nitrogens is 1. The van der Waals surface area contributed by atoms with Crippen molar-refractivity contribution < 1.29 is 33.7 Å². The van der Waals surface area contributed by atoms with Crippen molar-refractivity contribution in [3.05, 3.63) is 65.1 Å². The number of aliphatic hydroxyl groups is 2. The largest absolute Gasteiger partial charge is 0.496 e. The lowest BCUT2D eigenvalue weighted by molar-refractivity contribution is -0.117. The van der Waals surface area contributed by atoms with Crippen LogP contribution in [0, 0.1) is 11.7 Å². The first kappa shape index (κ1) is 26.3. The van der Waals surface area contributed by atoms with Crippen molar-refractivity contribution in [2.45, 2.75) is 25.4 Å². The molecule has 196 valence electrons. The number of aromatic amines is 1. The Morgan fingerprint density at radius 1 is 1.16 bits per heavy atom. The molecule has 0 saturated carbocycles. The summed E-state index contributed by atoms with van der Waals surface area (Å²) in [5, 5.41) is 21.0. The Bertz CT molecular complexity index is 1280. The molecule has 0 aliphatic carbocycles. The minimum absolute atomic E-state index is 0.0840. The van der Waals surface area contributed by atoms with Gasteiger partial charge in [-0.25, -0.2) is 4.39 Å². The maximum Gasteiger partial charge on any atom is 0.292 e. The second kappa shape index (κ2) is 11.5. The number of methoxy groups -OCH3 is 1. The van der Waals surface area contributed by atoms with Crippen molar-refractivity contribution in [1.82, 2.24) is 15.2 Å². The number of H-pyrrole nitrogens is 1. The van der Waals surface area contributed by atoms with Crippen LogP contribution >= 0.6 is 0 Å². The number of likely N-dealkylation sites (tertiary alicyclic amines) is 1. The van der Waals surface area contributed by atoms with Crippen LogP contribution in [-0.4, -0.2) is 77.1 Å². The zero-order chi connectivity index (χ0) is 26.5. The molecule has 4 N–H and O–H groups in total. The van der Waals surface area contributed by atoms with Crippen LogP contribution in [0.5, 0.6) is 5.75 Å². The first-order chi connectivity index (χ1) is 17.8. The van der Waals surface area contributed by atoms with Gasteiger partial charge in [0.25, 0.3) is 17.6 Å². The van der Waals surface area contributed by atoms with E-state index in [-0.39, 0.29) is 29.4 Å². The Kier molecular flexibility index (Phi) is 8.20. The smallest absolute Gasteiger partial charge is 0.292 e. The van der Waals surface area contributed by atoms with Crippen molar-refractivity contribution in [1.29, 1.82) is 0 Å². The summed E-state index contributed by atoms with van der Waals surface area (Å²) in [7, 11) is 1.46. The monoisotopic (exact) mass is 511 g/mol. The number of halogens is 1. The molecule has 0 unspecified atom stereocenters. The molecule has 0 radical (unpaired) electrons. The number of aliphatic hydroxyl groups excluding tert-OH is 2. The highest BCUT2D eigenvalue weighted by atomic mass is 19.1. The van der Waals surface area contributed by atoms with Gasteiger partial charge in [0.05, 0.1) is 30.9 Å². The number of nitrogens with zero attached hydrogens (tertiary/aromatic N) is 1. The molecule has 37 heavy (non-hydrogen) atoms. The van der Waals surface area contributed by atoms with Gasteiger partial charge in [0.1, 0.15) is 11.6 Å². The van der Waals surface area contributed by atoms with E-state index in [2.05, 4.69) is 10.3 Å². The molecule has 1 aromatic heterocycles. The van der Waals surface area contributed by atoms with Gasteiger partial charge in [-0.1, -0.05) is 12.1 Å². The fourth-order valence-electron chi connectivity index (χ4n) is 4.62. The lowest BCUT2D eigenvalue weighted by atomic mass is 9.90. The van der Waals surface area contributed by atoms with Crippen molar-refractivity contribution in [2.75, 3.05) is 33.4 Å². The third-order valence-electron chi connectivity index (χ3n) is 6.73. The van der Waals surface area contributed by atoms with Crippen LogP contribution in [-0.2, 0) is 11.2 Å². The molecule has 3 aromatic rings. The molecule has 0 spiro atoms. The molecule has 1 atom stereocenters. The number of fused-ring (bicyclic) bond motifs is 1. The van der Waals surface area contributed by atoms with Crippen LogP contribution in [0.25, 0.3) is 10.9 Å².